The molecule has 0 spiro atoms. The summed E-state index contributed by atoms with van der Waals surface area (Å²) in [5, 5.41) is 2.92. The van der Waals surface area contributed by atoms with Gasteiger partial charge in [-0.25, -0.2) is 4.98 Å². The van der Waals surface area contributed by atoms with Gasteiger partial charge in [-0.3, -0.25) is 4.79 Å². The predicted octanol–water partition coefficient (Wildman–Crippen LogP) is 3.04. The van der Waals surface area contributed by atoms with E-state index in [1.54, 1.807) is 0 Å². The molecule has 1 aromatic carbocycles. The highest BCUT2D eigenvalue weighted by Gasteiger charge is 2.23. The van der Waals surface area contributed by atoms with Crippen LogP contribution in [0.5, 0.6) is 0 Å². The number of rotatable bonds is 3. The molecule has 5 heteroatoms. The molecular formula is C16H21N3O2. The normalized spacial score (nSPS) is 18.6. The molecule has 1 aromatic heterocycles. The molecule has 1 atom stereocenters. The van der Waals surface area contributed by atoms with Gasteiger partial charge in [0.15, 0.2) is 0 Å². The second-order valence-corrected chi connectivity index (χ2v) is 5.82. The largest absolute Gasteiger partial charge is 0.368 e. The van der Waals surface area contributed by atoms with E-state index in [2.05, 4.69) is 28.7 Å². The number of fused-ring (bicyclic) bond motifs is 1. The lowest BCUT2D eigenvalue weighted by molar-refractivity contribution is -0.124. The molecule has 1 aliphatic heterocycles. The number of imidazole rings is 1. The number of amides is 1. The third-order valence-electron chi connectivity index (χ3n) is 3.87. The van der Waals surface area contributed by atoms with Crippen molar-refractivity contribution in [1.82, 2.24) is 9.55 Å². The van der Waals surface area contributed by atoms with Crippen molar-refractivity contribution in [2.75, 3.05) is 11.9 Å². The minimum absolute atomic E-state index is 0.0631. The average Bonchev–Trinajstić information content (AvgIpc) is 3.04. The van der Waals surface area contributed by atoms with E-state index < -0.39 is 0 Å². The van der Waals surface area contributed by atoms with Crippen LogP contribution in [0.1, 0.15) is 38.6 Å². The van der Waals surface area contributed by atoms with Gasteiger partial charge in [0.1, 0.15) is 11.9 Å². The molecule has 21 heavy (non-hydrogen) atoms. The second-order valence-electron chi connectivity index (χ2n) is 5.82. The van der Waals surface area contributed by atoms with Gasteiger partial charge in [0.2, 0.25) is 0 Å². The van der Waals surface area contributed by atoms with Crippen LogP contribution >= 0.6 is 0 Å². The number of nitrogens with one attached hydrogen (secondary N) is 1. The summed E-state index contributed by atoms with van der Waals surface area (Å²) in [4.78, 5) is 16.6. The van der Waals surface area contributed by atoms with Gasteiger partial charge in [-0.15, -0.1) is 0 Å². The Balaban J connectivity index is 1.86. The molecule has 0 radical (unpaired) electrons. The summed E-state index contributed by atoms with van der Waals surface area (Å²) in [5.74, 6) is 0.925. The van der Waals surface area contributed by atoms with E-state index >= 15 is 0 Å². The standard InChI is InChI=1S/C16H21N3O2/c1-10(2)19-11(3)17-13-9-12(6-7-14(13)19)18-16(20)15-5-4-8-21-15/h6-7,9-10,15H,4-5,8H2,1-3H3,(H,18,20). The molecule has 1 unspecified atom stereocenters. The quantitative estimate of drug-likeness (QED) is 0.944. The number of ether oxygens (including phenoxy) is 1. The van der Waals surface area contributed by atoms with Crippen LogP contribution in [-0.4, -0.2) is 28.2 Å². The minimum Gasteiger partial charge on any atom is -0.368 e. The first-order valence-corrected chi connectivity index (χ1v) is 7.47. The Morgan fingerprint density at radius 2 is 2.29 bits per heavy atom. The molecule has 0 bridgehead atoms. The lowest BCUT2D eigenvalue weighted by Crippen LogP contribution is -2.26. The number of carbonyl (C=O) groups is 1. The predicted molar refractivity (Wildman–Crippen MR) is 82.5 cm³/mol. The molecule has 1 aliphatic rings. The first-order chi connectivity index (χ1) is 10.1. The van der Waals surface area contributed by atoms with E-state index in [4.69, 9.17) is 4.74 Å². The van der Waals surface area contributed by atoms with E-state index in [0.29, 0.717) is 12.6 Å². The third kappa shape index (κ3) is 2.65. The van der Waals surface area contributed by atoms with Crippen molar-refractivity contribution in [3.63, 3.8) is 0 Å². The van der Waals surface area contributed by atoms with Crippen molar-refractivity contribution in [2.45, 2.75) is 45.8 Å². The SMILES string of the molecule is Cc1nc2cc(NC(=O)C3CCCO3)ccc2n1C(C)C. The van der Waals surface area contributed by atoms with E-state index in [1.165, 1.54) is 0 Å². The van der Waals surface area contributed by atoms with Gasteiger partial charge in [-0.05, 0) is 51.8 Å². The lowest BCUT2D eigenvalue weighted by atomic mass is 10.2. The second kappa shape index (κ2) is 5.48. The van der Waals surface area contributed by atoms with Crippen LogP contribution in [0.2, 0.25) is 0 Å². The number of hydrogen-bond donors (Lipinski definition) is 1. The monoisotopic (exact) mass is 287 g/mol. The molecule has 2 heterocycles. The maximum atomic E-state index is 12.1. The summed E-state index contributed by atoms with van der Waals surface area (Å²) in [6.45, 7) is 6.96. The van der Waals surface area contributed by atoms with Crippen LogP contribution < -0.4 is 5.32 Å². The van der Waals surface area contributed by atoms with Gasteiger partial charge < -0.3 is 14.6 Å². The van der Waals surface area contributed by atoms with Gasteiger partial charge in [-0.1, -0.05) is 0 Å². The van der Waals surface area contributed by atoms with Gasteiger partial charge in [0.25, 0.3) is 5.91 Å². The molecule has 5 nitrogen and oxygen atoms in total. The van der Waals surface area contributed by atoms with E-state index in [0.717, 1.165) is 35.4 Å². The molecule has 0 saturated carbocycles. The van der Waals surface area contributed by atoms with Gasteiger partial charge in [0.05, 0.1) is 11.0 Å². The Morgan fingerprint density at radius 3 is 2.95 bits per heavy atom. The number of benzene rings is 1. The summed E-state index contributed by atoms with van der Waals surface area (Å²) >= 11 is 0. The van der Waals surface area contributed by atoms with Crippen LogP contribution in [0, 0.1) is 6.92 Å². The highest BCUT2D eigenvalue weighted by Crippen LogP contribution is 2.24. The van der Waals surface area contributed by atoms with Crippen molar-refractivity contribution in [1.29, 1.82) is 0 Å². The maximum Gasteiger partial charge on any atom is 0.253 e. The van der Waals surface area contributed by atoms with E-state index in [1.807, 2.05) is 25.1 Å². The zero-order valence-corrected chi connectivity index (χ0v) is 12.7. The van der Waals surface area contributed by atoms with Crippen LogP contribution in [0.4, 0.5) is 5.69 Å². The molecule has 1 N–H and O–H groups in total. The van der Waals surface area contributed by atoms with Crippen LogP contribution in [0.15, 0.2) is 18.2 Å². The molecule has 1 fully saturated rings. The van der Waals surface area contributed by atoms with Gasteiger partial charge in [-0.2, -0.15) is 0 Å². The molecular weight excluding hydrogens is 266 g/mol. The van der Waals surface area contributed by atoms with Crippen molar-refractivity contribution >= 4 is 22.6 Å². The number of aromatic nitrogens is 2. The summed E-state index contributed by atoms with van der Waals surface area (Å²) < 4.78 is 7.59. The zero-order chi connectivity index (χ0) is 15.0. The Bertz CT molecular complexity index is 669. The van der Waals surface area contributed by atoms with Crippen molar-refractivity contribution < 1.29 is 9.53 Å². The highest BCUT2D eigenvalue weighted by molar-refractivity contribution is 5.96. The molecule has 1 amide bonds. The molecule has 112 valence electrons. The Kier molecular flexibility index (Phi) is 3.68. The van der Waals surface area contributed by atoms with Crippen molar-refractivity contribution in [3.8, 4) is 0 Å². The minimum atomic E-state index is -0.310. The number of carbonyl (C=O) groups excluding carboxylic acids is 1. The average molecular weight is 287 g/mol. The highest BCUT2D eigenvalue weighted by atomic mass is 16.5. The maximum absolute atomic E-state index is 12.1. The Labute approximate surface area is 124 Å². The fraction of sp³-hybridized carbons (Fsp3) is 0.500. The Hall–Kier alpha value is -1.88. The smallest absolute Gasteiger partial charge is 0.253 e. The van der Waals surface area contributed by atoms with E-state index in [-0.39, 0.29) is 12.0 Å². The van der Waals surface area contributed by atoms with Gasteiger partial charge >= 0.3 is 0 Å². The van der Waals surface area contributed by atoms with Crippen molar-refractivity contribution in [3.05, 3.63) is 24.0 Å². The first kappa shape index (κ1) is 14.1. The summed E-state index contributed by atoms with van der Waals surface area (Å²) in [6.07, 6.45) is 1.44. The molecule has 1 saturated heterocycles. The zero-order valence-electron chi connectivity index (χ0n) is 12.7. The summed E-state index contributed by atoms with van der Waals surface area (Å²) in [5.41, 5.74) is 2.78. The van der Waals surface area contributed by atoms with Gasteiger partial charge in [0, 0.05) is 18.3 Å². The number of nitrogens with zero attached hydrogens (tertiary/aromatic N) is 2. The topological polar surface area (TPSA) is 56.1 Å². The number of aryl methyl sites for hydroxylation is 1. The summed E-state index contributed by atoms with van der Waals surface area (Å²) in [7, 11) is 0. The van der Waals surface area contributed by atoms with Crippen LogP contribution in [-0.2, 0) is 9.53 Å². The number of anilines is 1. The van der Waals surface area contributed by atoms with Crippen molar-refractivity contribution in [2.24, 2.45) is 0 Å². The number of hydrogen-bond acceptors (Lipinski definition) is 3. The van der Waals surface area contributed by atoms with Crippen LogP contribution in [0.25, 0.3) is 11.0 Å². The third-order valence-corrected chi connectivity index (χ3v) is 3.87. The first-order valence-electron chi connectivity index (χ1n) is 7.47. The molecule has 3 rings (SSSR count). The van der Waals surface area contributed by atoms with Crippen LogP contribution in [0.3, 0.4) is 0 Å². The Morgan fingerprint density at radius 1 is 1.48 bits per heavy atom. The molecule has 0 aliphatic carbocycles. The fourth-order valence-corrected chi connectivity index (χ4v) is 2.96. The lowest BCUT2D eigenvalue weighted by Gasteiger charge is -2.12. The summed E-state index contributed by atoms with van der Waals surface area (Å²) in [6, 6.07) is 6.23. The fourth-order valence-electron chi connectivity index (χ4n) is 2.96. The van der Waals surface area contributed by atoms with E-state index in [9.17, 15) is 4.79 Å². The molecule has 2 aromatic rings.